The van der Waals surface area contributed by atoms with Gasteiger partial charge in [-0.15, -0.1) is 0 Å². The van der Waals surface area contributed by atoms with Crippen LogP contribution in [0.1, 0.15) is 5.56 Å². The van der Waals surface area contributed by atoms with Crippen LogP contribution in [0.4, 0.5) is 0 Å². The topological polar surface area (TPSA) is 76.3 Å². The third-order valence-electron chi connectivity index (χ3n) is 4.34. The molecule has 0 aliphatic heterocycles. The van der Waals surface area contributed by atoms with E-state index in [-0.39, 0.29) is 17.2 Å². The molecule has 0 saturated heterocycles. The van der Waals surface area contributed by atoms with Gasteiger partial charge in [-0.2, -0.15) is 5.10 Å². The summed E-state index contributed by atoms with van der Waals surface area (Å²) in [4.78, 5) is 30.0. The standard InChI is InChI=1S/C23H17ClN4O2S/c24-17-8-6-7-16(13-17)14-25-27-21(29)15-31-23-26-20-12-5-4-11-19(20)22(30)28(23)18-9-2-1-3-10-18/h1-14H,15H2,(H,27,29)/b25-14+. The van der Waals surface area contributed by atoms with E-state index in [1.165, 1.54) is 22.5 Å². The van der Waals surface area contributed by atoms with Crippen LogP contribution in [0, 0.1) is 0 Å². The fourth-order valence-electron chi connectivity index (χ4n) is 2.94. The second kappa shape index (κ2) is 9.59. The molecule has 0 spiro atoms. The summed E-state index contributed by atoms with van der Waals surface area (Å²) >= 11 is 7.11. The molecule has 0 bridgehead atoms. The number of aromatic nitrogens is 2. The van der Waals surface area contributed by atoms with Crippen molar-refractivity contribution in [2.24, 2.45) is 5.10 Å². The maximum Gasteiger partial charge on any atom is 0.266 e. The lowest BCUT2D eigenvalue weighted by atomic mass is 10.2. The highest BCUT2D eigenvalue weighted by atomic mass is 35.5. The van der Waals surface area contributed by atoms with Crippen molar-refractivity contribution in [3.63, 3.8) is 0 Å². The van der Waals surface area contributed by atoms with Crippen LogP contribution in [0.2, 0.25) is 5.02 Å². The van der Waals surface area contributed by atoms with Gasteiger partial charge in [-0.1, -0.05) is 65.8 Å². The number of hydrazone groups is 1. The Bertz CT molecular complexity index is 1320. The van der Waals surface area contributed by atoms with E-state index in [0.29, 0.717) is 26.8 Å². The van der Waals surface area contributed by atoms with Gasteiger partial charge in [0.25, 0.3) is 11.5 Å². The molecule has 0 aliphatic carbocycles. The Labute approximate surface area is 187 Å². The molecular formula is C23H17ClN4O2S. The number of fused-ring (bicyclic) bond motifs is 1. The van der Waals surface area contributed by atoms with Crippen LogP contribution in [0.25, 0.3) is 16.6 Å². The lowest BCUT2D eigenvalue weighted by Gasteiger charge is -2.12. The van der Waals surface area contributed by atoms with E-state index in [2.05, 4.69) is 15.5 Å². The zero-order valence-electron chi connectivity index (χ0n) is 16.2. The highest BCUT2D eigenvalue weighted by Crippen LogP contribution is 2.21. The fraction of sp³-hybridized carbons (Fsp3) is 0.0435. The minimum absolute atomic E-state index is 0.0461. The second-order valence-corrected chi connectivity index (χ2v) is 7.90. The summed E-state index contributed by atoms with van der Waals surface area (Å²) in [5.41, 5.74) is 4.35. The first kappa shape index (κ1) is 20.8. The van der Waals surface area contributed by atoms with Crippen LogP contribution in [0.5, 0.6) is 0 Å². The molecule has 0 saturated carbocycles. The molecule has 0 unspecified atom stereocenters. The Morgan fingerprint density at radius 1 is 1.06 bits per heavy atom. The van der Waals surface area contributed by atoms with E-state index in [1.54, 1.807) is 36.4 Å². The van der Waals surface area contributed by atoms with Gasteiger partial charge in [0.2, 0.25) is 0 Å². The molecule has 4 aromatic rings. The lowest BCUT2D eigenvalue weighted by Crippen LogP contribution is -2.24. The summed E-state index contributed by atoms with van der Waals surface area (Å²) in [6, 6.07) is 23.5. The van der Waals surface area contributed by atoms with Crippen molar-refractivity contribution in [2.45, 2.75) is 5.16 Å². The van der Waals surface area contributed by atoms with Crippen molar-refractivity contribution < 1.29 is 4.79 Å². The van der Waals surface area contributed by atoms with Crippen LogP contribution in [-0.2, 0) is 4.79 Å². The summed E-state index contributed by atoms with van der Waals surface area (Å²) in [6.45, 7) is 0. The van der Waals surface area contributed by atoms with E-state index < -0.39 is 0 Å². The quantitative estimate of drug-likeness (QED) is 0.207. The molecule has 31 heavy (non-hydrogen) atoms. The van der Waals surface area contributed by atoms with Gasteiger partial charge in [0.05, 0.1) is 28.6 Å². The Morgan fingerprint density at radius 3 is 2.65 bits per heavy atom. The highest BCUT2D eigenvalue weighted by molar-refractivity contribution is 7.99. The summed E-state index contributed by atoms with van der Waals surface area (Å²) in [5.74, 6) is -0.268. The van der Waals surface area contributed by atoms with Gasteiger partial charge in [0.15, 0.2) is 5.16 Å². The zero-order valence-corrected chi connectivity index (χ0v) is 17.8. The molecule has 1 N–H and O–H groups in total. The predicted octanol–water partition coefficient (Wildman–Crippen LogP) is 4.28. The number of carbonyl (C=O) groups excluding carboxylic acids is 1. The molecule has 0 atom stereocenters. The molecule has 0 aliphatic rings. The third-order valence-corrected chi connectivity index (χ3v) is 5.52. The molecule has 4 rings (SSSR count). The number of rotatable bonds is 6. The first-order chi connectivity index (χ1) is 15.1. The van der Waals surface area contributed by atoms with Gasteiger partial charge in [-0.25, -0.2) is 10.4 Å². The first-order valence-corrected chi connectivity index (χ1v) is 10.8. The Balaban J connectivity index is 1.55. The van der Waals surface area contributed by atoms with E-state index in [0.717, 1.165) is 5.56 Å². The zero-order chi connectivity index (χ0) is 21.6. The summed E-state index contributed by atoms with van der Waals surface area (Å²) in [7, 11) is 0. The molecule has 1 aromatic heterocycles. The molecule has 8 heteroatoms. The Kier molecular flexibility index (Phi) is 6.45. The predicted molar refractivity (Wildman–Crippen MR) is 125 cm³/mol. The monoisotopic (exact) mass is 448 g/mol. The SMILES string of the molecule is O=C(CSc1nc2ccccc2c(=O)n1-c1ccccc1)N/N=C/c1cccc(Cl)c1. The van der Waals surface area contributed by atoms with Crippen molar-refractivity contribution in [3.8, 4) is 5.69 Å². The normalized spacial score (nSPS) is 11.1. The second-order valence-electron chi connectivity index (χ2n) is 6.52. The molecule has 1 heterocycles. The number of halogens is 1. The van der Waals surface area contributed by atoms with Crippen LogP contribution >= 0.6 is 23.4 Å². The fourth-order valence-corrected chi connectivity index (χ4v) is 3.95. The molecule has 6 nitrogen and oxygen atoms in total. The smallest absolute Gasteiger partial charge is 0.266 e. The number of hydrogen-bond donors (Lipinski definition) is 1. The van der Waals surface area contributed by atoms with E-state index in [1.807, 2.05) is 42.5 Å². The largest absolute Gasteiger partial charge is 0.272 e. The van der Waals surface area contributed by atoms with Crippen molar-refractivity contribution in [1.82, 2.24) is 15.0 Å². The molecule has 3 aromatic carbocycles. The number of benzene rings is 3. The average molecular weight is 449 g/mol. The van der Waals surface area contributed by atoms with Crippen molar-refractivity contribution in [1.29, 1.82) is 0 Å². The van der Waals surface area contributed by atoms with Crippen molar-refractivity contribution >= 4 is 46.4 Å². The minimum Gasteiger partial charge on any atom is -0.272 e. The third kappa shape index (κ3) is 5.02. The van der Waals surface area contributed by atoms with Crippen molar-refractivity contribution in [2.75, 3.05) is 5.75 Å². The van der Waals surface area contributed by atoms with E-state index in [9.17, 15) is 9.59 Å². The number of carbonyl (C=O) groups is 1. The van der Waals surface area contributed by atoms with Gasteiger partial charge >= 0.3 is 0 Å². The molecule has 0 fully saturated rings. The maximum absolute atomic E-state index is 13.1. The lowest BCUT2D eigenvalue weighted by molar-refractivity contribution is -0.118. The van der Waals surface area contributed by atoms with E-state index in [4.69, 9.17) is 11.6 Å². The van der Waals surface area contributed by atoms with E-state index >= 15 is 0 Å². The average Bonchev–Trinajstić information content (AvgIpc) is 2.78. The molecule has 0 radical (unpaired) electrons. The van der Waals surface area contributed by atoms with Gasteiger partial charge < -0.3 is 0 Å². The number of nitrogens with one attached hydrogen (secondary N) is 1. The Hall–Kier alpha value is -3.42. The minimum atomic E-state index is -0.315. The molecular weight excluding hydrogens is 432 g/mol. The maximum atomic E-state index is 13.1. The Morgan fingerprint density at radius 2 is 1.84 bits per heavy atom. The summed E-state index contributed by atoms with van der Waals surface area (Å²) in [6.07, 6.45) is 1.52. The van der Waals surface area contributed by atoms with Gasteiger partial charge in [0.1, 0.15) is 0 Å². The van der Waals surface area contributed by atoms with Gasteiger partial charge in [0, 0.05) is 5.02 Å². The van der Waals surface area contributed by atoms with Crippen molar-refractivity contribution in [3.05, 3.63) is 99.8 Å². The molecule has 154 valence electrons. The van der Waals surface area contributed by atoms with Gasteiger partial charge in [-0.05, 0) is 42.0 Å². The van der Waals surface area contributed by atoms with Crippen LogP contribution in [0.3, 0.4) is 0 Å². The number of hydrogen-bond acceptors (Lipinski definition) is 5. The van der Waals surface area contributed by atoms with Crippen LogP contribution in [-0.4, -0.2) is 27.4 Å². The number of para-hydroxylation sites is 2. The van der Waals surface area contributed by atoms with Crippen LogP contribution < -0.4 is 11.0 Å². The van der Waals surface area contributed by atoms with Gasteiger partial charge in [-0.3, -0.25) is 14.2 Å². The first-order valence-electron chi connectivity index (χ1n) is 9.39. The summed E-state index contributed by atoms with van der Waals surface area (Å²) in [5, 5.41) is 5.50. The number of amides is 1. The number of thioether (sulfide) groups is 1. The van der Waals surface area contributed by atoms with Crippen LogP contribution in [0.15, 0.2) is 93.9 Å². The highest BCUT2D eigenvalue weighted by Gasteiger charge is 2.14. The summed E-state index contributed by atoms with van der Waals surface area (Å²) < 4.78 is 1.52. The molecule has 1 amide bonds. The number of nitrogens with zero attached hydrogens (tertiary/aromatic N) is 3.